The summed E-state index contributed by atoms with van der Waals surface area (Å²) in [5.41, 5.74) is 0. The van der Waals surface area contributed by atoms with Crippen LogP contribution in [0.25, 0.3) is 0 Å². The molecule has 0 aliphatic carbocycles. The zero-order valence-corrected chi connectivity index (χ0v) is 7.86. The van der Waals surface area contributed by atoms with Gasteiger partial charge in [0.25, 0.3) is 0 Å². The fourth-order valence-electron chi connectivity index (χ4n) is 1.01. The fraction of sp³-hybridized carbons (Fsp3) is 0.571. The Balaban J connectivity index is 2.96. The zero-order valence-electron chi connectivity index (χ0n) is 7.86. The van der Waals surface area contributed by atoms with E-state index in [0.717, 1.165) is 0 Å². The fourth-order valence-corrected chi connectivity index (χ4v) is 1.01. The second-order valence-corrected chi connectivity index (χ2v) is 3.15. The van der Waals surface area contributed by atoms with E-state index >= 15 is 0 Å². The first-order valence-electron chi connectivity index (χ1n) is 4.02. The minimum atomic E-state index is -5.87. The van der Waals surface area contributed by atoms with Crippen molar-refractivity contribution in [1.82, 2.24) is 4.57 Å². The van der Waals surface area contributed by atoms with E-state index in [1.54, 1.807) is 0 Å². The van der Waals surface area contributed by atoms with Crippen molar-refractivity contribution in [1.29, 1.82) is 0 Å². The van der Waals surface area contributed by atoms with E-state index in [1.807, 2.05) is 0 Å². The number of hydrogen-bond acceptors (Lipinski definition) is 0. The molecule has 10 heteroatoms. The molecule has 0 aliphatic heterocycles. The molecule has 0 spiro atoms. The highest BCUT2D eigenvalue weighted by molar-refractivity contribution is 4.79. The largest absolute Gasteiger partial charge is 0.500 e. The Labute approximate surface area is 89.1 Å². The summed E-state index contributed by atoms with van der Waals surface area (Å²) in [6.07, 6.45) is -9.83. The third-order valence-corrected chi connectivity index (χ3v) is 1.72. The normalized spacial score (nSPS) is 14.1. The van der Waals surface area contributed by atoms with Gasteiger partial charge in [0.1, 0.15) is 12.4 Å². The average molecular weight is 269 g/mol. The summed E-state index contributed by atoms with van der Waals surface area (Å²) in [6.45, 7) is -1.64. The molecule has 98 valence electrons. The first kappa shape index (κ1) is 13.7. The van der Waals surface area contributed by atoms with Crippen LogP contribution in [0.3, 0.4) is 0 Å². The molecule has 2 nitrogen and oxygen atoms in total. The maximum absolute atomic E-state index is 12.7. The maximum Gasteiger partial charge on any atom is 0.500 e. The molecule has 1 aromatic rings. The molecule has 0 aliphatic rings. The van der Waals surface area contributed by atoms with Gasteiger partial charge < -0.3 is 0 Å². The van der Waals surface area contributed by atoms with Crippen LogP contribution < -0.4 is 4.57 Å². The molecule has 0 N–H and O–H groups in total. The van der Waals surface area contributed by atoms with E-state index < -0.39 is 29.5 Å². The van der Waals surface area contributed by atoms with E-state index in [4.69, 9.17) is 0 Å². The number of hydrogen-bond donors (Lipinski definition) is 0. The van der Waals surface area contributed by atoms with Crippen molar-refractivity contribution in [2.45, 2.75) is 24.9 Å². The van der Waals surface area contributed by atoms with Gasteiger partial charge in [-0.15, -0.1) is 0 Å². The van der Waals surface area contributed by atoms with Crippen LogP contribution in [0, 0.1) is 0 Å². The van der Waals surface area contributed by atoms with Crippen LogP contribution in [0.4, 0.5) is 35.1 Å². The summed E-state index contributed by atoms with van der Waals surface area (Å²) in [7, 11) is 0. The third-order valence-electron chi connectivity index (χ3n) is 1.72. The van der Waals surface area contributed by atoms with Crippen LogP contribution in [0.1, 0.15) is 0 Å². The highest BCUT2D eigenvalue weighted by Gasteiger charge is 2.64. The van der Waals surface area contributed by atoms with Gasteiger partial charge >= 0.3 is 18.4 Å². The molecule has 0 bridgehead atoms. The highest BCUT2D eigenvalue weighted by atomic mass is 19.4. The lowest BCUT2D eigenvalue weighted by Crippen LogP contribution is -2.43. The molecule has 0 unspecified atom stereocenters. The summed E-state index contributed by atoms with van der Waals surface area (Å²) >= 11 is 0. The Morgan fingerprint density at radius 3 is 1.88 bits per heavy atom. The number of rotatable bonds is 2. The molecule has 17 heavy (non-hydrogen) atoms. The van der Waals surface area contributed by atoms with Gasteiger partial charge in [-0.1, -0.05) is 0 Å². The van der Waals surface area contributed by atoms with Gasteiger partial charge in [0.05, 0.1) is 0 Å². The first-order valence-corrected chi connectivity index (χ1v) is 4.02. The summed E-state index contributed by atoms with van der Waals surface area (Å²) in [6, 6.07) is -5.25. The Hall–Kier alpha value is -1.35. The zero-order chi connectivity index (χ0) is 13.5. The van der Waals surface area contributed by atoms with Crippen LogP contribution in [0.15, 0.2) is 18.7 Å². The van der Waals surface area contributed by atoms with Gasteiger partial charge in [-0.25, -0.2) is 4.57 Å². The number of halogens is 8. The smallest absolute Gasteiger partial charge is 0.227 e. The number of nitrogens with zero attached hydrogens (tertiary/aromatic N) is 2. The van der Waals surface area contributed by atoms with E-state index in [2.05, 4.69) is 0 Å². The molecule has 0 amide bonds. The molecular weight excluding hydrogens is 264 g/mol. The van der Waals surface area contributed by atoms with Crippen molar-refractivity contribution in [3.63, 3.8) is 0 Å². The minimum absolute atomic E-state index is 0.0426. The van der Waals surface area contributed by atoms with E-state index in [1.165, 1.54) is 0 Å². The van der Waals surface area contributed by atoms with E-state index in [9.17, 15) is 35.1 Å². The van der Waals surface area contributed by atoms with Crippen molar-refractivity contribution in [3.05, 3.63) is 18.7 Å². The van der Waals surface area contributed by atoms with Crippen LogP contribution in [0.2, 0.25) is 0 Å². The van der Waals surface area contributed by atoms with Gasteiger partial charge in [0.2, 0.25) is 6.33 Å². The van der Waals surface area contributed by atoms with Crippen molar-refractivity contribution >= 4 is 0 Å². The van der Waals surface area contributed by atoms with E-state index in [0.29, 0.717) is 6.20 Å². The highest BCUT2D eigenvalue weighted by Crippen LogP contribution is 2.39. The SMILES string of the molecule is FC(F)(F)C[n+]1ccn(C(F)(F)C(F)(F)F)c1. The van der Waals surface area contributed by atoms with Crippen molar-refractivity contribution in [2.24, 2.45) is 0 Å². The molecule has 0 atom stereocenters. The molecule has 0 aromatic carbocycles. The van der Waals surface area contributed by atoms with E-state index in [-0.39, 0.29) is 17.1 Å². The molecular formula is C7H5F8N2+. The van der Waals surface area contributed by atoms with Crippen molar-refractivity contribution < 1.29 is 39.7 Å². The van der Waals surface area contributed by atoms with Gasteiger partial charge in [0.15, 0.2) is 6.54 Å². The monoisotopic (exact) mass is 269 g/mol. The second kappa shape index (κ2) is 3.84. The van der Waals surface area contributed by atoms with Crippen LogP contribution in [0.5, 0.6) is 0 Å². The Morgan fingerprint density at radius 1 is 0.941 bits per heavy atom. The number of aromatic nitrogens is 2. The molecule has 1 heterocycles. The van der Waals surface area contributed by atoms with Crippen molar-refractivity contribution in [3.8, 4) is 0 Å². The van der Waals surface area contributed by atoms with Crippen LogP contribution in [-0.2, 0) is 12.6 Å². The second-order valence-electron chi connectivity index (χ2n) is 3.15. The molecule has 0 saturated carbocycles. The Morgan fingerprint density at radius 2 is 1.47 bits per heavy atom. The number of alkyl halides is 8. The standard InChI is InChI=1S/C7H5F8N2/c8-5(9,10)3-16-1-2-17(4-16)7(14,15)6(11,12)13/h1-2,4H,3H2/q+1. The molecule has 1 rings (SSSR count). The lowest BCUT2D eigenvalue weighted by atomic mass is 10.5. The van der Waals surface area contributed by atoms with Gasteiger partial charge in [0, 0.05) is 0 Å². The molecule has 0 radical (unpaired) electrons. The predicted molar refractivity (Wildman–Crippen MR) is 36.9 cm³/mol. The quantitative estimate of drug-likeness (QED) is 0.576. The van der Waals surface area contributed by atoms with Crippen LogP contribution >= 0.6 is 0 Å². The summed E-state index contributed by atoms with van der Waals surface area (Å²) in [5, 5.41) is 0. The molecule has 0 saturated heterocycles. The van der Waals surface area contributed by atoms with Gasteiger partial charge in [-0.3, -0.25) is 0 Å². The predicted octanol–water partition coefficient (Wildman–Crippen LogP) is 2.45. The van der Waals surface area contributed by atoms with Crippen LogP contribution in [-0.4, -0.2) is 16.9 Å². The Kier molecular flexibility index (Phi) is 3.10. The summed E-state index contributed by atoms with van der Waals surface area (Å²) < 4.78 is 96.0. The average Bonchev–Trinajstić information content (AvgIpc) is 2.47. The van der Waals surface area contributed by atoms with Gasteiger partial charge in [-0.05, 0) is 0 Å². The molecule has 1 aromatic heterocycles. The lowest BCUT2D eigenvalue weighted by molar-refractivity contribution is -0.719. The van der Waals surface area contributed by atoms with Gasteiger partial charge in [-0.2, -0.15) is 39.7 Å². The summed E-state index contributed by atoms with van der Waals surface area (Å²) in [4.78, 5) is 0. The maximum atomic E-state index is 12.7. The van der Waals surface area contributed by atoms with Crippen molar-refractivity contribution in [2.75, 3.05) is 0 Å². The minimum Gasteiger partial charge on any atom is -0.227 e. The lowest BCUT2D eigenvalue weighted by Gasteiger charge is -2.14. The molecule has 0 fully saturated rings. The first-order chi connectivity index (χ1) is 7.43. The third kappa shape index (κ3) is 3.07. The Bertz CT molecular complexity index is 387. The summed E-state index contributed by atoms with van der Waals surface area (Å²) in [5.74, 6) is 0. The number of imidazole rings is 1. The topological polar surface area (TPSA) is 8.81 Å².